The van der Waals surface area contributed by atoms with Gasteiger partial charge in [-0.05, 0) is 44.6 Å². The Balaban J connectivity index is 2.54. The quantitative estimate of drug-likeness (QED) is 0.686. The average Bonchev–Trinajstić information content (AvgIpc) is 2.62. The maximum absolute atomic E-state index is 5.76. The second-order valence-electron chi connectivity index (χ2n) is 6.15. The summed E-state index contributed by atoms with van der Waals surface area (Å²) in [5, 5.41) is 3.64. The highest BCUT2D eigenvalue weighted by atomic mass is 16.5. The van der Waals surface area contributed by atoms with Crippen molar-refractivity contribution in [1.82, 2.24) is 10.2 Å². The van der Waals surface area contributed by atoms with E-state index < -0.39 is 0 Å². The van der Waals surface area contributed by atoms with Crippen LogP contribution in [-0.2, 0) is 4.74 Å². The van der Waals surface area contributed by atoms with E-state index in [0.717, 1.165) is 26.2 Å². The van der Waals surface area contributed by atoms with E-state index in [0.29, 0.717) is 11.5 Å². The van der Waals surface area contributed by atoms with Gasteiger partial charge in [0, 0.05) is 32.8 Å². The second kappa shape index (κ2) is 8.93. The van der Waals surface area contributed by atoms with Gasteiger partial charge in [0.2, 0.25) is 0 Å². The Morgan fingerprint density at radius 3 is 2.63 bits per heavy atom. The van der Waals surface area contributed by atoms with Crippen LogP contribution >= 0.6 is 0 Å². The first-order valence-corrected chi connectivity index (χ1v) is 8.20. The Labute approximate surface area is 120 Å². The molecule has 1 rings (SSSR count). The molecule has 0 aliphatic carbocycles. The lowest BCUT2D eigenvalue weighted by molar-refractivity contribution is 0.0572. The van der Waals surface area contributed by atoms with Gasteiger partial charge in [0.05, 0.1) is 6.10 Å². The van der Waals surface area contributed by atoms with E-state index in [2.05, 4.69) is 37.9 Å². The number of nitrogens with zero attached hydrogens (tertiary/aromatic N) is 1. The lowest BCUT2D eigenvalue weighted by atomic mass is 9.81. The van der Waals surface area contributed by atoms with E-state index in [1.807, 2.05) is 0 Å². The van der Waals surface area contributed by atoms with Gasteiger partial charge in [-0.25, -0.2) is 0 Å². The zero-order chi connectivity index (χ0) is 14.1. The first-order chi connectivity index (χ1) is 9.15. The maximum atomic E-state index is 5.76. The monoisotopic (exact) mass is 270 g/mol. The molecule has 1 heterocycles. The van der Waals surface area contributed by atoms with Crippen LogP contribution in [0, 0.1) is 5.41 Å². The first-order valence-electron chi connectivity index (χ1n) is 8.20. The fourth-order valence-corrected chi connectivity index (χ4v) is 3.01. The predicted octanol–water partition coefficient (Wildman–Crippen LogP) is 2.90. The summed E-state index contributed by atoms with van der Waals surface area (Å²) in [5.41, 5.74) is 0.430. The standard InChI is InChI=1S/C16H34N2O/c1-5-9-17-13-16(6-2,7-3)14-18-10-8-11-19-15(4)12-18/h15,17H,5-14H2,1-4H3. The van der Waals surface area contributed by atoms with Crippen LogP contribution in [0.25, 0.3) is 0 Å². The Bertz CT molecular complexity index is 229. The Morgan fingerprint density at radius 1 is 1.26 bits per heavy atom. The normalized spacial score (nSPS) is 22.4. The van der Waals surface area contributed by atoms with Crippen LogP contribution < -0.4 is 5.32 Å². The smallest absolute Gasteiger partial charge is 0.0673 e. The predicted molar refractivity (Wildman–Crippen MR) is 82.6 cm³/mol. The van der Waals surface area contributed by atoms with Crippen LogP contribution in [0.3, 0.4) is 0 Å². The molecule has 1 saturated heterocycles. The van der Waals surface area contributed by atoms with Crippen LogP contribution in [0.4, 0.5) is 0 Å². The van der Waals surface area contributed by atoms with Crippen molar-refractivity contribution in [2.24, 2.45) is 5.41 Å². The molecule has 19 heavy (non-hydrogen) atoms. The van der Waals surface area contributed by atoms with Crippen molar-refractivity contribution in [2.45, 2.75) is 59.5 Å². The van der Waals surface area contributed by atoms with Crippen molar-refractivity contribution in [1.29, 1.82) is 0 Å². The molecule has 1 aliphatic heterocycles. The maximum Gasteiger partial charge on any atom is 0.0673 e. The molecule has 0 spiro atoms. The third kappa shape index (κ3) is 5.80. The van der Waals surface area contributed by atoms with Gasteiger partial charge in [-0.1, -0.05) is 20.8 Å². The third-order valence-corrected chi connectivity index (χ3v) is 4.52. The van der Waals surface area contributed by atoms with E-state index in [1.54, 1.807) is 0 Å². The fourth-order valence-electron chi connectivity index (χ4n) is 3.01. The van der Waals surface area contributed by atoms with Gasteiger partial charge in [0.25, 0.3) is 0 Å². The van der Waals surface area contributed by atoms with E-state index in [-0.39, 0.29) is 0 Å². The van der Waals surface area contributed by atoms with E-state index in [4.69, 9.17) is 4.74 Å². The summed E-state index contributed by atoms with van der Waals surface area (Å²) in [6.45, 7) is 15.8. The van der Waals surface area contributed by atoms with E-state index >= 15 is 0 Å². The minimum absolute atomic E-state index is 0.387. The van der Waals surface area contributed by atoms with Crippen LogP contribution in [0.2, 0.25) is 0 Å². The van der Waals surface area contributed by atoms with Crippen LogP contribution in [0.15, 0.2) is 0 Å². The summed E-state index contributed by atoms with van der Waals surface area (Å²) in [6.07, 6.45) is 5.30. The number of rotatable bonds is 8. The largest absolute Gasteiger partial charge is 0.377 e. The van der Waals surface area contributed by atoms with Crippen molar-refractivity contribution >= 4 is 0 Å². The van der Waals surface area contributed by atoms with Crippen molar-refractivity contribution in [3.8, 4) is 0 Å². The van der Waals surface area contributed by atoms with Crippen molar-refractivity contribution in [3.63, 3.8) is 0 Å². The molecule has 0 saturated carbocycles. The van der Waals surface area contributed by atoms with Gasteiger partial charge in [0.15, 0.2) is 0 Å². The highest BCUT2D eigenvalue weighted by Crippen LogP contribution is 2.27. The van der Waals surface area contributed by atoms with E-state index in [1.165, 1.54) is 38.8 Å². The molecule has 0 aromatic rings. The molecule has 1 aliphatic rings. The molecule has 3 heteroatoms. The van der Waals surface area contributed by atoms with Crippen molar-refractivity contribution in [3.05, 3.63) is 0 Å². The molecule has 0 amide bonds. The molecule has 1 atom stereocenters. The summed E-state index contributed by atoms with van der Waals surface area (Å²) in [7, 11) is 0. The fraction of sp³-hybridized carbons (Fsp3) is 1.00. The summed E-state index contributed by atoms with van der Waals surface area (Å²) in [4.78, 5) is 2.62. The average molecular weight is 270 g/mol. The highest BCUT2D eigenvalue weighted by molar-refractivity contribution is 4.84. The topological polar surface area (TPSA) is 24.5 Å². The minimum Gasteiger partial charge on any atom is -0.377 e. The molecule has 114 valence electrons. The summed E-state index contributed by atoms with van der Waals surface area (Å²) in [5.74, 6) is 0. The summed E-state index contributed by atoms with van der Waals surface area (Å²) >= 11 is 0. The van der Waals surface area contributed by atoms with Crippen LogP contribution in [0.1, 0.15) is 53.4 Å². The highest BCUT2D eigenvalue weighted by Gasteiger charge is 2.29. The molecule has 1 fully saturated rings. The number of ether oxygens (including phenoxy) is 1. The number of hydrogen-bond donors (Lipinski definition) is 1. The summed E-state index contributed by atoms with van der Waals surface area (Å²) < 4.78 is 5.76. The second-order valence-corrected chi connectivity index (χ2v) is 6.15. The van der Waals surface area contributed by atoms with Crippen molar-refractivity contribution < 1.29 is 4.74 Å². The first kappa shape index (κ1) is 16.9. The Hall–Kier alpha value is -0.120. The SMILES string of the molecule is CCCNCC(CC)(CC)CN1CCCOC(C)C1. The van der Waals surface area contributed by atoms with E-state index in [9.17, 15) is 0 Å². The van der Waals surface area contributed by atoms with Gasteiger partial charge in [-0.2, -0.15) is 0 Å². The number of hydrogen-bond acceptors (Lipinski definition) is 3. The molecule has 0 radical (unpaired) electrons. The molecule has 3 nitrogen and oxygen atoms in total. The molecule has 0 bridgehead atoms. The summed E-state index contributed by atoms with van der Waals surface area (Å²) in [6, 6.07) is 0. The van der Waals surface area contributed by atoms with Crippen LogP contribution in [0.5, 0.6) is 0 Å². The zero-order valence-electron chi connectivity index (χ0n) is 13.5. The molecule has 0 aromatic heterocycles. The lowest BCUT2D eigenvalue weighted by Crippen LogP contribution is -2.45. The third-order valence-electron chi connectivity index (χ3n) is 4.52. The molecule has 1 unspecified atom stereocenters. The molecule has 1 N–H and O–H groups in total. The number of nitrogens with one attached hydrogen (secondary N) is 1. The lowest BCUT2D eigenvalue weighted by Gasteiger charge is -2.37. The Morgan fingerprint density at radius 2 is 2.00 bits per heavy atom. The Kier molecular flexibility index (Phi) is 7.96. The van der Waals surface area contributed by atoms with Gasteiger partial charge in [0.1, 0.15) is 0 Å². The zero-order valence-corrected chi connectivity index (χ0v) is 13.5. The molecular formula is C16H34N2O. The minimum atomic E-state index is 0.387. The molecule has 0 aromatic carbocycles. The van der Waals surface area contributed by atoms with Gasteiger partial charge in [-0.15, -0.1) is 0 Å². The van der Waals surface area contributed by atoms with Gasteiger partial charge in [-0.3, -0.25) is 0 Å². The van der Waals surface area contributed by atoms with Crippen molar-refractivity contribution in [2.75, 3.05) is 39.3 Å². The van der Waals surface area contributed by atoms with Gasteiger partial charge >= 0.3 is 0 Å². The molecular weight excluding hydrogens is 236 g/mol. The van der Waals surface area contributed by atoms with Crippen LogP contribution in [-0.4, -0.2) is 50.3 Å². The van der Waals surface area contributed by atoms with Gasteiger partial charge < -0.3 is 15.0 Å².